The van der Waals surface area contributed by atoms with Gasteiger partial charge in [-0.3, -0.25) is 4.79 Å². The SMILES string of the molecule is [2H]c1c([2H])c([2H])c2c(c1[2H])c(C(=O)c1ccc(C)c3ccccc13)c([2H])n2CCCCCCl. The van der Waals surface area contributed by atoms with Crippen LogP contribution in [-0.2, 0) is 6.54 Å². The molecule has 0 spiro atoms. The quantitative estimate of drug-likeness (QED) is 0.193. The standard InChI is InChI=1S/C25H24ClNO/c1-18-13-14-22(20-10-4-3-9-19(18)20)25(28)23-17-27(16-8-2-7-15-26)24-12-6-5-11-21(23)24/h3-6,9-14,17H,2,7-8,15-16H2,1H3/i5D,6D,11D,12D,17D. The number of rotatable bonds is 7. The predicted octanol–water partition coefficient (Wildman–Crippen LogP) is 6.74. The molecule has 0 unspecified atom stereocenters. The fraction of sp³-hybridized carbons (Fsp3) is 0.240. The fourth-order valence-electron chi connectivity index (χ4n) is 3.59. The van der Waals surface area contributed by atoms with Crippen molar-refractivity contribution in [2.75, 3.05) is 5.88 Å². The first-order chi connectivity index (χ1) is 15.8. The molecule has 1 heterocycles. The first kappa shape index (κ1) is 13.6. The van der Waals surface area contributed by atoms with Gasteiger partial charge in [0.15, 0.2) is 5.78 Å². The monoisotopic (exact) mass is 394 g/mol. The van der Waals surface area contributed by atoms with E-state index in [1.165, 1.54) is 0 Å². The second-order valence-corrected chi connectivity index (χ2v) is 7.29. The summed E-state index contributed by atoms with van der Waals surface area (Å²) in [6.45, 7) is 2.34. The summed E-state index contributed by atoms with van der Waals surface area (Å²) in [6.07, 6.45) is 2.23. The molecule has 0 atom stereocenters. The van der Waals surface area contributed by atoms with Crippen molar-refractivity contribution >= 4 is 39.1 Å². The number of hydrogen-bond acceptors (Lipinski definition) is 1. The average Bonchev–Trinajstić information content (AvgIpc) is 3.11. The van der Waals surface area contributed by atoms with Gasteiger partial charge in [-0.15, -0.1) is 11.6 Å². The Kier molecular flexibility index (Phi) is 3.97. The van der Waals surface area contributed by atoms with Gasteiger partial charge in [0.05, 0.1) is 6.85 Å². The number of carbonyl (C=O) groups excluding carboxylic acids is 1. The summed E-state index contributed by atoms with van der Waals surface area (Å²) in [5.41, 5.74) is 1.66. The normalized spacial score (nSPS) is 13.9. The van der Waals surface area contributed by atoms with Crippen molar-refractivity contribution in [1.29, 1.82) is 0 Å². The van der Waals surface area contributed by atoms with Crippen molar-refractivity contribution in [3.63, 3.8) is 0 Å². The number of para-hydroxylation sites is 1. The summed E-state index contributed by atoms with van der Waals surface area (Å²) in [6, 6.07) is 9.85. The van der Waals surface area contributed by atoms with Crippen LogP contribution in [0.25, 0.3) is 21.7 Å². The largest absolute Gasteiger partial charge is 0.347 e. The van der Waals surface area contributed by atoms with E-state index in [9.17, 15) is 4.79 Å². The van der Waals surface area contributed by atoms with Crippen LogP contribution in [0.3, 0.4) is 0 Å². The lowest BCUT2D eigenvalue weighted by Crippen LogP contribution is -2.02. The van der Waals surface area contributed by atoms with Crippen molar-refractivity contribution in [2.24, 2.45) is 0 Å². The molecule has 3 aromatic carbocycles. The van der Waals surface area contributed by atoms with Crippen LogP contribution in [0.5, 0.6) is 0 Å². The smallest absolute Gasteiger partial charge is 0.195 e. The lowest BCUT2D eigenvalue weighted by molar-refractivity contribution is 0.104. The maximum Gasteiger partial charge on any atom is 0.195 e. The maximum atomic E-state index is 13.9. The van der Waals surface area contributed by atoms with E-state index in [0.29, 0.717) is 24.4 Å². The van der Waals surface area contributed by atoms with E-state index in [4.69, 9.17) is 18.5 Å². The lowest BCUT2D eigenvalue weighted by atomic mass is 9.95. The molecule has 4 aromatic rings. The van der Waals surface area contributed by atoms with Crippen LogP contribution in [-0.4, -0.2) is 16.2 Å². The van der Waals surface area contributed by atoms with Gasteiger partial charge in [-0.05, 0) is 42.1 Å². The van der Waals surface area contributed by atoms with E-state index < -0.39 is 11.8 Å². The van der Waals surface area contributed by atoms with Crippen LogP contribution in [0.1, 0.15) is 47.6 Å². The van der Waals surface area contributed by atoms with Gasteiger partial charge in [-0.1, -0.05) is 60.9 Å². The van der Waals surface area contributed by atoms with E-state index in [0.717, 1.165) is 29.2 Å². The minimum Gasteiger partial charge on any atom is -0.347 e. The maximum absolute atomic E-state index is 13.9. The molecule has 0 aliphatic rings. The highest BCUT2D eigenvalue weighted by atomic mass is 35.5. The van der Waals surface area contributed by atoms with E-state index in [-0.39, 0.29) is 40.8 Å². The van der Waals surface area contributed by atoms with Gasteiger partial charge in [0.2, 0.25) is 0 Å². The zero-order valence-corrected chi connectivity index (χ0v) is 16.5. The van der Waals surface area contributed by atoms with Gasteiger partial charge in [0, 0.05) is 40.6 Å². The molecule has 0 bridgehead atoms. The van der Waals surface area contributed by atoms with Crippen LogP contribution in [0.15, 0.2) is 66.7 Å². The first-order valence-corrected chi connectivity index (χ1v) is 10.0. The molecule has 0 saturated heterocycles. The molecule has 0 aliphatic carbocycles. The summed E-state index contributed by atoms with van der Waals surface area (Å²) < 4.78 is 43.6. The van der Waals surface area contributed by atoms with Crippen LogP contribution >= 0.6 is 11.6 Å². The first-order valence-electron chi connectivity index (χ1n) is 12.0. The number of alkyl halides is 1. The Labute approximate surface area is 177 Å². The molecule has 0 saturated carbocycles. The highest BCUT2D eigenvalue weighted by Gasteiger charge is 2.18. The topological polar surface area (TPSA) is 22.0 Å². The Bertz CT molecular complexity index is 1400. The molecule has 142 valence electrons. The molecule has 3 heteroatoms. The van der Waals surface area contributed by atoms with Crippen molar-refractivity contribution in [2.45, 2.75) is 32.7 Å². The number of benzene rings is 3. The number of ketones is 1. The lowest BCUT2D eigenvalue weighted by Gasteiger charge is -2.08. The number of aryl methyl sites for hydroxylation is 2. The second kappa shape index (κ2) is 8.20. The van der Waals surface area contributed by atoms with Gasteiger partial charge in [0.25, 0.3) is 0 Å². The van der Waals surface area contributed by atoms with Crippen molar-refractivity contribution in [3.05, 3.63) is 83.4 Å². The Hall–Kier alpha value is -2.58. The number of nitrogens with zero attached hydrogens (tertiary/aromatic N) is 1. The zero-order valence-electron chi connectivity index (χ0n) is 20.7. The zero-order chi connectivity index (χ0) is 23.9. The number of unbranched alkanes of at least 4 members (excludes halogenated alkanes) is 2. The molecule has 0 fully saturated rings. The summed E-state index contributed by atoms with van der Waals surface area (Å²) in [5.74, 6) is 0.120. The summed E-state index contributed by atoms with van der Waals surface area (Å²) >= 11 is 5.78. The fourth-order valence-corrected chi connectivity index (χ4v) is 3.78. The van der Waals surface area contributed by atoms with Gasteiger partial charge < -0.3 is 4.57 Å². The molecular weight excluding hydrogens is 366 g/mol. The number of halogens is 1. The van der Waals surface area contributed by atoms with Crippen LogP contribution in [0.4, 0.5) is 0 Å². The van der Waals surface area contributed by atoms with E-state index >= 15 is 0 Å². The van der Waals surface area contributed by atoms with Crippen LogP contribution in [0.2, 0.25) is 0 Å². The highest BCUT2D eigenvalue weighted by molar-refractivity contribution is 6.21. The van der Waals surface area contributed by atoms with Crippen LogP contribution in [0, 0.1) is 6.92 Å². The number of fused-ring (bicyclic) bond motifs is 2. The Balaban J connectivity index is 1.99. The minimum absolute atomic E-state index is 0.0170. The summed E-state index contributed by atoms with van der Waals surface area (Å²) in [7, 11) is 0. The van der Waals surface area contributed by atoms with Gasteiger partial charge >= 0.3 is 0 Å². The number of hydrogen-bond donors (Lipinski definition) is 0. The Morgan fingerprint density at radius 3 is 2.57 bits per heavy atom. The molecule has 4 rings (SSSR count). The number of carbonyl (C=O) groups is 1. The van der Waals surface area contributed by atoms with E-state index in [1.54, 1.807) is 10.6 Å². The average molecular weight is 395 g/mol. The van der Waals surface area contributed by atoms with Crippen molar-refractivity contribution in [3.8, 4) is 0 Å². The van der Waals surface area contributed by atoms with E-state index in [1.807, 2.05) is 37.3 Å². The third-order valence-corrected chi connectivity index (χ3v) is 5.33. The van der Waals surface area contributed by atoms with Gasteiger partial charge in [-0.25, -0.2) is 0 Å². The third-order valence-electron chi connectivity index (χ3n) is 5.06. The molecule has 0 radical (unpaired) electrons. The molecule has 0 N–H and O–H groups in total. The Morgan fingerprint density at radius 1 is 0.964 bits per heavy atom. The molecule has 0 aliphatic heterocycles. The van der Waals surface area contributed by atoms with E-state index in [2.05, 4.69) is 0 Å². The number of aromatic nitrogens is 1. The molecular formula is C25H24ClNO. The van der Waals surface area contributed by atoms with Crippen molar-refractivity contribution < 1.29 is 11.6 Å². The third kappa shape index (κ3) is 3.45. The van der Waals surface area contributed by atoms with Gasteiger partial charge in [-0.2, -0.15) is 0 Å². The second-order valence-electron chi connectivity index (χ2n) is 6.92. The highest BCUT2D eigenvalue weighted by Crippen LogP contribution is 2.29. The van der Waals surface area contributed by atoms with Crippen LogP contribution < -0.4 is 0 Å². The predicted molar refractivity (Wildman–Crippen MR) is 119 cm³/mol. The minimum atomic E-state index is -0.411. The molecule has 2 nitrogen and oxygen atoms in total. The molecule has 28 heavy (non-hydrogen) atoms. The summed E-state index contributed by atoms with van der Waals surface area (Å²) in [5, 5.41) is 1.80. The molecule has 1 aromatic heterocycles. The summed E-state index contributed by atoms with van der Waals surface area (Å²) in [4.78, 5) is 13.9. The van der Waals surface area contributed by atoms with Crippen molar-refractivity contribution in [1.82, 2.24) is 4.57 Å². The molecule has 0 amide bonds. The Morgan fingerprint density at radius 2 is 1.75 bits per heavy atom. The van der Waals surface area contributed by atoms with Gasteiger partial charge in [0.1, 0.15) is 0 Å².